The number of aromatic amines is 2. The van der Waals surface area contributed by atoms with Crippen LogP contribution >= 0.6 is 0 Å². The smallest absolute Gasteiger partial charge is 0.325 e. The van der Waals surface area contributed by atoms with Crippen LogP contribution in [0, 0.1) is 0 Å². The molecule has 0 aromatic carbocycles. The van der Waals surface area contributed by atoms with E-state index in [0.717, 1.165) is 6.20 Å². The van der Waals surface area contributed by atoms with E-state index in [2.05, 4.69) is 10.3 Å². The molecule has 1 unspecified atom stereocenters. The summed E-state index contributed by atoms with van der Waals surface area (Å²) < 4.78 is 4.82. The fourth-order valence-corrected chi connectivity index (χ4v) is 1.31. The first kappa shape index (κ1) is 14.1. The molecule has 0 aliphatic heterocycles. The Morgan fingerprint density at radius 2 is 2.28 bits per heavy atom. The Kier molecular flexibility index (Phi) is 5.28. The molecule has 0 aliphatic carbocycles. The summed E-state index contributed by atoms with van der Waals surface area (Å²) in [6.45, 7) is 0.101. The summed E-state index contributed by atoms with van der Waals surface area (Å²) in [6.07, 6.45) is 1.45. The SMILES string of the molecule is COCCC(CO)NC(=O)c1c[nH]c(=O)[nH]c1=O. The van der Waals surface area contributed by atoms with Gasteiger partial charge in [-0.15, -0.1) is 0 Å². The summed E-state index contributed by atoms with van der Waals surface area (Å²) in [5.41, 5.74) is -1.68. The number of aromatic nitrogens is 2. The van der Waals surface area contributed by atoms with Crippen molar-refractivity contribution < 1.29 is 14.6 Å². The zero-order chi connectivity index (χ0) is 13.5. The number of hydrogen-bond donors (Lipinski definition) is 4. The highest BCUT2D eigenvalue weighted by atomic mass is 16.5. The summed E-state index contributed by atoms with van der Waals surface area (Å²) in [5.74, 6) is -0.664. The van der Waals surface area contributed by atoms with E-state index < -0.39 is 23.2 Å². The van der Waals surface area contributed by atoms with Crippen molar-refractivity contribution in [2.45, 2.75) is 12.5 Å². The van der Waals surface area contributed by atoms with Gasteiger partial charge in [0.05, 0.1) is 12.6 Å². The fourth-order valence-electron chi connectivity index (χ4n) is 1.31. The molecule has 0 saturated carbocycles. The number of methoxy groups -OCH3 is 1. The van der Waals surface area contributed by atoms with Gasteiger partial charge in [-0.25, -0.2) is 4.79 Å². The summed E-state index contributed by atoms with van der Waals surface area (Å²) in [5, 5.41) is 11.5. The molecule has 0 radical (unpaired) electrons. The van der Waals surface area contributed by atoms with Crippen LogP contribution in [-0.4, -0.2) is 47.3 Å². The van der Waals surface area contributed by atoms with Crippen LogP contribution in [0.15, 0.2) is 15.8 Å². The predicted molar refractivity (Wildman–Crippen MR) is 62.5 cm³/mol. The summed E-state index contributed by atoms with van der Waals surface area (Å²) in [7, 11) is 1.50. The highest BCUT2D eigenvalue weighted by molar-refractivity contribution is 5.93. The van der Waals surface area contributed by atoms with Crippen molar-refractivity contribution in [3.05, 3.63) is 32.6 Å². The van der Waals surface area contributed by atoms with Gasteiger partial charge >= 0.3 is 5.69 Å². The maximum Gasteiger partial charge on any atom is 0.325 e. The second-order valence-electron chi connectivity index (χ2n) is 3.62. The molecule has 0 spiro atoms. The lowest BCUT2D eigenvalue weighted by molar-refractivity contribution is 0.0893. The summed E-state index contributed by atoms with van der Waals surface area (Å²) in [4.78, 5) is 38.0. The highest BCUT2D eigenvalue weighted by Gasteiger charge is 2.15. The van der Waals surface area contributed by atoms with Gasteiger partial charge in [-0.2, -0.15) is 0 Å². The molecule has 0 fully saturated rings. The third kappa shape index (κ3) is 3.82. The average molecular weight is 257 g/mol. The minimum Gasteiger partial charge on any atom is -0.394 e. The quantitative estimate of drug-likeness (QED) is 0.478. The lowest BCUT2D eigenvalue weighted by Gasteiger charge is -2.15. The van der Waals surface area contributed by atoms with Crippen molar-refractivity contribution in [2.75, 3.05) is 20.3 Å². The van der Waals surface area contributed by atoms with Gasteiger partial charge in [-0.1, -0.05) is 0 Å². The van der Waals surface area contributed by atoms with Crippen molar-refractivity contribution in [3.63, 3.8) is 0 Å². The van der Waals surface area contributed by atoms with E-state index in [1.807, 2.05) is 4.98 Å². The van der Waals surface area contributed by atoms with Gasteiger partial charge in [-0.05, 0) is 6.42 Å². The van der Waals surface area contributed by atoms with Crippen molar-refractivity contribution in [3.8, 4) is 0 Å². The normalized spacial score (nSPS) is 12.1. The summed E-state index contributed by atoms with van der Waals surface area (Å²) in [6, 6.07) is -0.510. The third-order valence-electron chi connectivity index (χ3n) is 2.29. The zero-order valence-corrected chi connectivity index (χ0v) is 9.86. The van der Waals surface area contributed by atoms with Gasteiger partial charge in [0, 0.05) is 19.9 Å². The average Bonchev–Trinajstić information content (AvgIpc) is 2.34. The predicted octanol–water partition coefficient (Wildman–Crippen LogP) is -1.81. The number of ether oxygens (including phenoxy) is 1. The van der Waals surface area contributed by atoms with Gasteiger partial charge in [0.2, 0.25) is 0 Å². The largest absolute Gasteiger partial charge is 0.394 e. The van der Waals surface area contributed by atoms with Crippen molar-refractivity contribution >= 4 is 5.91 Å². The maximum absolute atomic E-state index is 11.7. The Morgan fingerprint density at radius 3 is 2.83 bits per heavy atom. The van der Waals surface area contributed by atoms with Crippen molar-refractivity contribution in [1.82, 2.24) is 15.3 Å². The van der Waals surface area contributed by atoms with E-state index in [-0.39, 0.29) is 12.2 Å². The molecule has 1 heterocycles. The van der Waals surface area contributed by atoms with E-state index in [1.165, 1.54) is 7.11 Å². The fraction of sp³-hybridized carbons (Fsp3) is 0.500. The molecule has 0 saturated heterocycles. The molecule has 1 atom stereocenters. The Balaban J connectivity index is 2.74. The Hall–Kier alpha value is -1.93. The van der Waals surface area contributed by atoms with Crippen LogP contribution < -0.4 is 16.6 Å². The van der Waals surface area contributed by atoms with Gasteiger partial charge in [0.15, 0.2) is 0 Å². The lowest BCUT2D eigenvalue weighted by atomic mass is 10.2. The lowest BCUT2D eigenvalue weighted by Crippen LogP contribution is -2.41. The molecule has 8 heteroatoms. The first-order valence-corrected chi connectivity index (χ1v) is 5.31. The van der Waals surface area contributed by atoms with E-state index in [0.29, 0.717) is 13.0 Å². The standard InChI is InChI=1S/C10H15N3O5/c1-18-3-2-6(5-14)12-8(15)7-4-11-10(17)13-9(7)16/h4,6,14H,2-3,5H2,1H3,(H,12,15)(H2,11,13,16,17). The van der Waals surface area contributed by atoms with E-state index in [1.54, 1.807) is 0 Å². The molecule has 8 nitrogen and oxygen atoms in total. The molecule has 1 amide bonds. The van der Waals surface area contributed by atoms with Crippen LogP contribution in [0.4, 0.5) is 0 Å². The van der Waals surface area contributed by atoms with Crippen LogP contribution in [0.5, 0.6) is 0 Å². The monoisotopic (exact) mass is 257 g/mol. The zero-order valence-electron chi connectivity index (χ0n) is 9.86. The first-order valence-electron chi connectivity index (χ1n) is 5.31. The number of amides is 1. The Morgan fingerprint density at radius 1 is 1.56 bits per heavy atom. The first-order chi connectivity index (χ1) is 8.58. The number of hydrogen-bond acceptors (Lipinski definition) is 5. The molecule has 0 aliphatic rings. The van der Waals surface area contributed by atoms with Crippen LogP contribution in [0.2, 0.25) is 0 Å². The Labute approximate surface area is 102 Å². The second kappa shape index (κ2) is 6.72. The molecule has 1 aromatic heterocycles. The van der Waals surface area contributed by atoms with E-state index in [9.17, 15) is 14.4 Å². The molecule has 18 heavy (non-hydrogen) atoms. The maximum atomic E-state index is 11.7. The van der Waals surface area contributed by atoms with E-state index in [4.69, 9.17) is 9.84 Å². The second-order valence-corrected chi connectivity index (χ2v) is 3.62. The van der Waals surface area contributed by atoms with Crippen molar-refractivity contribution in [2.24, 2.45) is 0 Å². The topological polar surface area (TPSA) is 124 Å². The van der Waals surface area contributed by atoms with Crippen LogP contribution in [0.3, 0.4) is 0 Å². The number of nitrogens with one attached hydrogen (secondary N) is 3. The number of aliphatic hydroxyl groups excluding tert-OH is 1. The Bertz CT molecular complexity index is 507. The molecule has 4 N–H and O–H groups in total. The molecule has 100 valence electrons. The van der Waals surface area contributed by atoms with Crippen molar-refractivity contribution in [1.29, 1.82) is 0 Å². The molecule has 0 bridgehead atoms. The van der Waals surface area contributed by atoms with Crippen LogP contribution in [0.1, 0.15) is 16.8 Å². The molecule has 1 rings (SSSR count). The van der Waals surface area contributed by atoms with Gasteiger partial charge < -0.3 is 20.1 Å². The highest BCUT2D eigenvalue weighted by Crippen LogP contribution is 1.94. The number of aliphatic hydroxyl groups is 1. The molecule has 1 aromatic rings. The number of H-pyrrole nitrogens is 2. The summed E-state index contributed by atoms with van der Waals surface area (Å²) >= 11 is 0. The number of rotatable bonds is 6. The minimum absolute atomic E-state index is 0.217. The van der Waals surface area contributed by atoms with Gasteiger partial charge in [0.1, 0.15) is 5.56 Å². The van der Waals surface area contributed by atoms with Crippen LogP contribution in [0.25, 0.3) is 0 Å². The number of carbonyl (C=O) groups is 1. The van der Waals surface area contributed by atoms with E-state index >= 15 is 0 Å². The minimum atomic E-state index is -0.778. The van der Waals surface area contributed by atoms with Gasteiger partial charge in [-0.3, -0.25) is 14.6 Å². The number of carbonyl (C=O) groups excluding carboxylic acids is 1. The third-order valence-corrected chi connectivity index (χ3v) is 2.29. The molecular formula is C10H15N3O5. The molecular weight excluding hydrogens is 242 g/mol. The van der Waals surface area contributed by atoms with Gasteiger partial charge in [0.25, 0.3) is 11.5 Å². The van der Waals surface area contributed by atoms with Crippen LogP contribution in [-0.2, 0) is 4.74 Å².